The summed E-state index contributed by atoms with van der Waals surface area (Å²) in [5, 5.41) is 3.24. The van der Waals surface area contributed by atoms with E-state index in [9.17, 15) is 0 Å². The maximum absolute atomic E-state index is 3.24. The molecule has 1 aliphatic rings. The number of hydrogen-bond donors (Lipinski definition) is 1. The van der Waals surface area contributed by atoms with Gasteiger partial charge in [-0.2, -0.15) is 0 Å². The van der Waals surface area contributed by atoms with Crippen LogP contribution in [0.2, 0.25) is 0 Å². The van der Waals surface area contributed by atoms with E-state index in [1.165, 1.54) is 30.6 Å². The Labute approximate surface area is 111 Å². The molecule has 1 heterocycles. The highest BCUT2D eigenvalue weighted by atomic mass is 15.1. The van der Waals surface area contributed by atoms with Crippen molar-refractivity contribution >= 4 is 0 Å². The van der Waals surface area contributed by atoms with E-state index >= 15 is 0 Å². The van der Waals surface area contributed by atoms with Crippen molar-refractivity contribution in [2.45, 2.75) is 32.7 Å². The van der Waals surface area contributed by atoms with Crippen LogP contribution in [0.25, 0.3) is 0 Å². The maximum atomic E-state index is 3.24. The van der Waals surface area contributed by atoms with Crippen molar-refractivity contribution in [1.29, 1.82) is 0 Å². The van der Waals surface area contributed by atoms with Crippen LogP contribution < -0.4 is 5.32 Å². The highest BCUT2D eigenvalue weighted by Crippen LogP contribution is 2.19. The Hall–Kier alpha value is -0.860. The predicted octanol–water partition coefficient (Wildman–Crippen LogP) is 2.85. The lowest BCUT2D eigenvalue weighted by Crippen LogP contribution is -2.19. The van der Waals surface area contributed by atoms with Crippen molar-refractivity contribution in [1.82, 2.24) is 10.2 Å². The third-order valence-electron chi connectivity index (χ3n) is 3.97. The molecule has 0 aromatic heterocycles. The van der Waals surface area contributed by atoms with Crippen molar-refractivity contribution in [3.8, 4) is 0 Å². The Morgan fingerprint density at radius 1 is 1.33 bits per heavy atom. The Kier molecular flexibility index (Phi) is 4.79. The first kappa shape index (κ1) is 13.6. The van der Waals surface area contributed by atoms with Gasteiger partial charge in [0.15, 0.2) is 0 Å². The minimum absolute atomic E-state index is 0.593. The standard InChI is InChI=1S/C16H26N2/c1-13-8-9-18(11-13)12-15-4-6-16(7-5-15)14(2)10-17-3/h4-7,13-14,17H,8-12H2,1-3H3. The largest absolute Gasteiger partial charge is 0.319 e. The minimum atomic E-state index is 0.593. The number of likely N-dealkylation sites (N-methyl/N-ethyl adjacent to an activating group) is 1. The summed E-state index contributed by atoms with van der Waals surface area (Å²) in [6, 6.07) is 9.17. The van der Waals surface area contributed by atoms with E-state index in [2.05, 4.69) is 48.3 Å². The normalized spacial score (nSPS) is 22.3. The Morgan fingerprint density at radius 3 is 2.61 bits per heavy atom. The minimum Gasteiger partial charge on any atom is -0.319 e. The van der Waals surface area contributed by atoms with E-state index in [0.717, 1.165) is 19.0 Å². The zero-order chi connectivity index (χ0) is 13.0. The number of nitrogens with zero attached hydrogens (tertiary/aromatic N) is 1. The topological polar surface area (TPSA) is 15.3 Å². The second-order valence-electron chi connectivity index (χ2n) is 5.83. The van der Waals surface area contributed by atoms with Gasteiger partial charge in [0.05, 0.1) is 0 Å². The molecule has 0 bridgehead atoms. The van der Waals surface area contributed by atoms with Crippen LogP contribution in [0, 0.1) is 5.92 Å². The molecule has 18 heavy (non-hydrogen) atoms. The fraction of sp³-hybridized carbons (Fsp3) is 0.625. The number of hydrogen-bond acceptors (Lipinski definition) is 2. The van der Waals surface area contributed by atoms with Crippen LogP contribution in [0.4, 0.5) is 0 Å². The van der Waals surface area contributed by atoms with Gasteiger partial charge in [0.25, 0.3) is 0 Å². The second kappa shape index (κ2) is 6.35. The molecule has 100 valence electrons. The lowest BCUT2D eigenvalue weighted by Gasteiger charge is -2.16. The Bertz CT molecular complexity index is 358. The van der Waals surface area contributed by atoms with Gasteiger partial charge in [-0.25, -0.2) is 0 Å². The molecule has 0 aliphatic carbocycles. The molecular formula is C16H26N2. The van der Waals surface area contributed by atoms with E-state index in [1.54, 1.807) is 0 Å². The van der Waals surface area contributed by atoms with Crippen LogP contribution in [-0.4, -0.2) is 31.6 Å². The first-order valence-electron chi connectivity index (χ1n) is 7.15. The molecule has 1 aromatic carbocycles. The zero-order valence-corrected chi connectivity index (χ0v) is 11.9. The highest BCUT2D eigenvalue weighted by molar-refractivity contribution is 5.25. The van der Waals surface area contributed by atoms with E-state index in [1.807, 2.05) is 7.05 Å². The van der Waals surface area contributed by atoms with Gasteiger partial charge in [-0.1, -0.05) is 38.1 Å². The monoisotopic (exact) mass is 246 g/mol. The molecule has 0 saturated carbocycles. The molecule has 0 amide bonds. The summed E-state index contributed by atoms with van der Waals surface area (Å²) < 4.78 is 0. The van der Waals surface area contributed by atoms with Crippen molar-refractivity contribution in [3.63, 3.8) is 0 Å². The van der Waals surface area contributed by atoms with Crippen LogP contribution in [0.15, 0.2) is 24.3 Å². The van der Waals surface area contributed by atoms with Gasteiger partial charge in [-0.15, -0.1) is 0 Å². The number of rotatable bonds is 5. The Morgan fingerprint density at radius 2 is 2.06 bits per heavy atom. The van der Waals surface area contributed by atoms with Crippen molar-refractivity contribution in [2.24, 2.45) is 5.92 Å². The molecule has 1 aliphatic heterocycles. The molecule has 0 spiro atoms. The fourth-order valence-electron chi connectivity index (χ4n) is 2.80. The summed E-state index contributed by atoms with van der Waals surface area (Å²) in [7, 11) is 2.01. The molecule has 1 saturated heterocycles. The molecule has 2 atom stereocenters. The van der Waals surface area contributed by atoms with E-state index in [0.29, 0.717) is 5.92 Å². The van der Waals surface area contributed by atoms with Crippen LogP contribution >= 0.6 is 0 Å². The van der Waals surface area contributed by atoms with Crippen molar-refractivity contribution in [3.05, 3.63) is 35.4 Å². The Balaban J connectivity index is 1.91. The summed E-state index contributed by atoms with van der Waals surface area (Å²) in [6.07, 6.45) is 1.36. The molecule has 1 aromatic rings. The average molecular weight is 246 g/mol. The predicted molar refractivity (Wildman–Crippen MR) is 77.8 cm³/mol. The molecule has 2 rings (SSSR count). The van der Waals surface area contributed by atoms with Crippen LogP contribution in [0.1, 0.15) is 37.3 Å². The average Bonchev–Trinajstić information content (AvgIpc) is 2.76. The molecule has 2 nitrogen and oxygen atoms in total. The van der Waals surface area contributed by atoms with Crippen LogP contribution in [-0.2, 0) is 6.54 Å². The quantitative estimate of drug-likeness (QED) is 0.859. The third-order valence-corrected chi connectivity index (χ3v) is 3.97. The lowest BCUT2D eigenvalue weighted by atomic mass is 10.00. The number of likely N-dealkylation sites (tertiary alicyclic amines) is 1. The summed E-state index contributed by atoms with van der Waals surface area (Å²) in [5.74, 6) is 1.47. The summed E-state index contributed by atoms with van der Waals surface area (Å²) in [4.78, 5) is 2.57. The maximum Gasteiger partial charge on any atom is 0.0233 e. The molecule has 2 heteroatoms. The third kappa shape index (κ3) is 3.56. The molecule has 1 fully saturated rings. The van der Waals surface area contributed by atoms with Crippen molar-refractivity contribution in [2.75, 3.05) is 26.7 Å². The first-order chi connectivity index (χ1) is 8.69. The van der Waals surface area contributed by atoms with Crippen LogP contribution in [0.3, 0.4) is 0 Å². The smallest absolute Gasteiger partial charge is 0.0233 e. The summed E-state index contributed by atoms with van der Waals surface area (Å²) in [5.41, 5.74) is 2.88. The van der Waals surface area contributed by atoms with E-state index < -0.39 is 0 Å². The van der Waals surface area contributed by atoms with Gasteiger partial charge in [0.2, 0.25) is 0 Å². The van der Waals surface area contributed by atoms with Crippen LogP contribution in [0.5, 0.6) is 0 Å². The lowest BCUT2D eigenvalue weighted by molar-refractivity contribution is 0.320. The SMILES string of the molecule is CNCC(C)c1ccc(CN2CCC(C)C2)cc1. The molecule has 2 unspecified atom stereocenters. The van der Waals surface area contributed by atoms with E-state index in [-0.39, 0.29) is 0 Å². The first-order valence-corrected chi connectivity index (χ1v) is 7.15. The molecule has 1 N–H and O–H groups in total. The second-order valence-corrected chi connectivity index (χ2v) is 5.83. The zero-order valence-electron chi connectivity index (χ0n) is 11.9. The van der Waals surface area contributed by atoms with Gasteiger partial charge in [-0.05, 0) is 43.0 Å². The van der Waals surface area contributed by atoms with Gasteiger partial charge < -0.3 is 5.32 Å². The van der Waals surface area contributed by atoms with Crippen molar-refractivity contribution < 1.29 is 0 Å². The van der Waals surface area contributed by atoms with Gasteiger partial charge >= 0.3 is 0 Å². The highest BCUT2D eigenvalue weighted by Gasteiger charge is 2.18. The van der Waals surface area contributed by atoms with E-state index in [4.69, 9.17) is 0 Å². The van der Waals surface area contributed by atoms with Gasteiger partial charge in [-0.3, -0.25) is 4.90 Å². The fourth-order valence-corrected chi connectivity index (χ4v) is 2.80. The summed E-state index contributed by atoms with van der Waals surface area (Å²) in [6.45, 7) is 9.31. The number of nitrogens with one attached hydrogen (secondary N) is 1. The molecule has 0 radical (unpaired) electrons. The van der Waals surface area contributed by atoms with Gasteiger partial charge in [0.1, 0.15) is 0 Å². The number of benzene rings is 1. The molecular weight excluding hydrogens is 220 g/mol. The van der Waals surface area contributed by atoms with Gasteiger partial charge in [0, 0.05) is 19.6 Å². The summed E-state index contributed by atoms with van der Waals surface area (Å²) >= 11 is 0.